The van der Waals surface area contributed by atoms with Crippen molar-refractivity contribution in [1.82, 2.24) is 0 Å². The molecule has 3 rings (SSSR count). The number of carbonyl (C=O) groups excluding carboxylic acids is 3. The van der Waals surface area contributed by atoms with Crippen molar-refractivity contribution in [2.45, 2.75) is 20.1 Å². The standard InChI is InChI=1S/C19H19NO7S/c1-8-12(18(22)26-5)17(28-15(8)9(2)21)20-16-10-6-7-11(24-3)14(25-4)13(10)19(23)27-16/h6-7,16,20H,1-5H3/t16-/m1/s1. The van der Waals surface area contributed by atoms with Gasteiger partial charge in [-0.05, 0) is 31.5 Å². The number of thiophene rings is 1. The van der Waals surface area contributed by atoms with E-state index in [-0.39, 0.29) is 22.7 Å². The average Bonchev–Trinajstić information content (AvgIpc) is 3.17. The van der Waals surface area contributed by atoms with Gasteiger partial charge in [0, 0.05) is 5.56 Å². The number of hydrogen-bond donors (Lipinski definition) is 1. The van der Waals surface area contributed by atoms with Crippen molar-refractivity contribution in [2.75, 3.05) is 26.6 Å². The van der Waals surface area contributed by atoms with Gasteiger partial charge in [-0.15, -0.1) is 11.3 Å². The number of ketones is 1. The van der Waals surface area contributed by atoms with Crippen LogP contribution in [0.1, 0.15) is 54.7 Å². The van der Waals surface area contributed by atoms with Crippen molar-refractivity contribution in [3.8, 4) is 11.5 Å². The number of cyclic esters (lactones) is 1. The fourth-order valence-corrected chi connectivity index (χ4v) is 4.23. The molecule has 1 atom stereocenters. The summed E-state index contributed by atoms with van der Waals surface area (Å²) in [5.74, 6) is -0.659. The van der Waals surface area contributed by atoms with E-state index < -0.39 is 18.2 Å². The maximum Gasteiger partial charge on any atom is 0.344 e. The number of fused-ring (bicyclic) bond motifs is 1. The third kappa shape index (κ3) is 3.07. The Kier molecular flexibility index (Phi) is 5.28. The Morgan fingerprint density at radius 1 is 1.18 bits per heavy atom. The number of hydrogen-bond acceptors (Lipinski definition) is 9. The van der Waals surface area contributed by atoms with Crippen molar-refractivity contribution in [3.63, 3.8) is 0 Å². The fraction of sp³-hybridized carbons (Fsp3) is 0.316. The lowest BCUT2D eigenvalue weighted by Crippen LogP contribution is -2.13. The predicted molar refractivity (Wildman–Crippen MR) is 102 cm³/mol. The van der Waals surface area contributed by atoms with E-state index in [9.17, 15) is 14.4 Å². The number of esters is 2. The van der Waals surface area contributed by atoms with Crippen LogP contribution in [0.25, 0.3) is 0 Å². The molecule has 0 fully saturated rings. The first-order valence-electron chi connectivity index (χ1n) is 8.29. The zero-order valence-corrected chi connectivity index (χ0v) is 16.8. The van der Waals surface area contributed by atoms with E-state index in [4.69, 9.17) is 18.9 Å². The second-order valence-corrected chi connectivity index (χ2v) is 7.02. The first-order chi connectivity index (χ1) is 13.3. The Morgan fingerprint density at radius 3 is 2.46 bits per heavy atom. The molecule has 1 aliphatic rings. The topological polar surface area (TPSA) is 100 Å². The Balaban J connectivity index is 2.06. The quantitative estimate of drug-likeness (QED) is 0.577. The SMILES string of the molecule is COC(=O)c1c(N[C@@H]2OC(=O)c3c2ccc(OC)c3OC)sc(C(C)=O)c1C. The Hall–Kier alpha value is -3.07. The van der Waals surface area contributed by atoms with Crippen LogP contribution in [0.4, 0.5) is 5.00 Å². The summed E-state index contributed by atoms with van der Waals surface area (Å²) < 4.78 is 20.8. The van der Waals surface area contributed by atoms with Crippen LogP contribution in [-0.2, 0) is 9.47 Å². The van der Waals surface area contributed by atoms with Gasteiger partial charge in [0.2, 0.25) is 6.23 Å². The van der Waals surface area contributed by atoms with Gasteiger partial charge in [0.05, 0.1) is 31.8 Å². The van der Waals surface area contributed by atoms with Crippen molar-refractivity contribution >= 4 is 34.1 Å². The molecule has 0 bridgehead atoms. The fourth-order valence-electron chi connectivity index (χ4n) is 3.13. The minimum Gasteiger partial charge on any atom is -0.493 e. The molecule has 28 heavy (non-hydrogen) atoms. The van der Waals surface area contributed by atoms with E-state index in [0.29, 0.717) is 26.8 Å². The number of carbonyl (C=O) groups is 3. The molecule has 2 aromatic rings. The number of nitrogens with one attached hydrogen (secondary N) is 1. The molecule has 0 spiro atoms. The van der Waals surface area contributed by atoms with Crippen molar-refractivity contribution in [2.24, 2.45) is 0 Å². The summed E-state index contributed by atoms with van der Waals surface area (Å²) in [4.78, 5) is 37.0. The zero-order valence-electron chi connectivity index (χ0n) is 16.0. The predicted octanol–water partition coefficient (Wildman–Crippen LogP) is 3.34. The summed E-state index contributed by atoms with van der Waals surface area (Å²) in [6.07, 6.45) is -0.858. The van der Waals surface area contributed by atoms with Gasteiger partial charge in [0.25, 0.3) is 0 Å². The molecule has 0 radical (unpaired) electrons. The van der Waals surface area contributed by atoms with Crippen molar-refractivity contribution < 1.29 is 33.3 Å². The maximum absolute atomic E-state index is 12.4. The number of methoxy groups -OCH3 is 3. The van der Waals surface area contributed by atoms with E-state index in [1.165, 1.54) is 28.3 Å². The number of anilines is 1. The van der Waals surface area contributed by atoms with E-state index in [2.05, 4.69) is 5.32 Å². The third-order valence-corrected chi connectivity index (χ3v) is 5.73. The second-order valence-electron chi connectivity index (χ2n) is 6.00. The molecule has 0 saturated carbocycles. The minimum absolute atomic E-state index is 0.170. The molecule has 148 valence electrons. The summed E-state index contributed by atoms with van der Waals surface area (Å²) in [6.45, 7) is 3.10. The highest BCUT2D eigenvalue weighted by atomic mass is 32.1. The molecule has 0 amide bonds. The van der Waals surface area contributed by atoms with Gasteiger partial charge in [-0.2, -0.15) is 0 Å². The van der Waals surface area contributed by atoms with E-state index in [1.54, 1.807) is 19.1 Å². The average molecular weight is 405 g/mol. The molecule has 8 nitrogen and oxygen atoms in total. The van der Waals surface area contributed by atoms with Crippen LogP contribution >= 0.6 is 11.3 Å². The number of rotatable bonds is 6. The first-order valence-corrected chi connectivity index (χ1v) is 9.10. The van der Waals surface area contributed by atoms with Crippen LogP contribution in [0, 0.1) is 6.92 Å². The third-order valence-electron chi connectivity index (χ3n) is 4.41. The second kappa shape index (κ2) is 7.51. The molecule has 0 unspecified atom stereocenters. The summed E-state index contributed by atoms with van der Waals surface area (Å²) in [5, 5.41) is 3.43. The van der Waals surface area contributed by atoms with Crippen LogP contribution in [0.3, 0.4) is 0 Å². The zero-order chi connectivity index (χ0) is 20.6. The monoisotopic (exact) mass is 405 g/mol. The smallest absolute Gasteiger partial charge is 0.344 e. The van der Waals surface area contributed by atoms with Gasteiger partial charge in [-0.3, -0.25) is 4.79 Å². The Morgan fingerprint density at radius 2 is 1.89 bits per heavy atom. The van der Waals surface area contributed by atoms with Gasteiger partial charge in [-0.25, -0.2) is 9.59 Å². The van der Waals surface area contributed by atoms with E-state index in [0.717, 1.165) is 11.3 Å². The Bertz CT molecular complexity index is 979. The van der Waals surface area contributed by atoms with Gasteiger partial charge in [0.1, 0.15) is 10.6 Å². The highest BCUT2D eigenvalue weighted by molar-refractivity contribution is 7.18. The Labute approximate surface area is 165 Å². The van der Waals surface area contributed by atoms with E-state index in [1.807, 2.05) is 0 Å². The number of benzene rings is 1. The minimum atomic E-state index is -0.858. The molecular weight excluding hydrogens is 386 g/mol. The normalized spacial score (nSPS) is 14.9. The molecule has 1 aromatic heterocycles. The summed E-state index contributed by atoms with van der Waals surface area (Å²) in [7, 11) is 4.17. The molecule has 0 saturated heterocycles. The lowest BCUT2D eigenvalue weighted by atomic mass is 10.1. The summed E-state index contributed by atoms with van der Waals surface area (Å²) in [6, 6.07) is 3.35. The van der Waals surface area contributed by atoms with Gasteiger partial charge >= 0.3 is 11.9 Å². The van der Waals surface area contributed by atoms with Crippen molar-refractivity contribution in [3.05, 3.63) is 39.3 Å². The van der Waals surface area contributed by atoms with Crippen LogP contribution in [0.5, 0.6) is 11.5 Å². The van der Waals surface area contributed by atoms with Gasteiger partial charge in [-0.1, -0.05) is 0 Å². The lowest BCUT2D eigenvalue weighted by Gasteiger charge is -2.15. The first kappa shape index (κ1) is 19.7. The largest absolute Gasteiger partial charge is 0.493 e. The highest BCUT2D eigenvalue weighted by Gasteiger charge is 2.37. The van der Waals surface area contributed by atoms with Gasteiger partial charge in [0.15, 0.2) is 17.3 Å². The van der Waals surface area contributed by atoms with Crippen LogP contribution in [-0.4, -0.2) is 39.1 Å². The summed E-state index contributed by atoms with van der Waals surface area (Å²) >= 11 is 1.11. The maximum atomic E-state index is 12.4. The molecule has 1 N–H and O–H groups in total. The van der Waals surface area contributed by atoms with Crippen LogP contribution in [0.15, 0.2) is 12.1 Å². The molecular formula is C19H19NO7S. The molecule has 9 heteroatoms. The van der Waals surface area contributed by atoms with E-state index >= 15 is 0 Å². The molecule has 1 aliphatic heterocycles. The van der Waals surface area contributed by atoms with Crippen LogP contribution in [0.2, 0.25) is 0 Å². The van der Waals surface area contributed by atoms with Crippen molar-refractivity contribution in [1.29, 1.82) is 0 Å². The molecule has 2 heterocycles. The summed E-state index contributed by atoms with van der Waals surface area (Å²) in [5.41, 5.74) is 1.54. The number of Topliss-reactive ketones (excluding diaryl/α,β-unsaturated/α-hetero) is 1. The number of ether oxygens (including phenoxy) is 4. The lowest BCUT2D eigenvalue weighted by molar-refractivity contribution is 0.0435. The molecule has 0 aliphatic carbocycles. The molecule has 1 aromatic carbocycles. The highest BCUT2D eigenvalue weighted by Crippen LogP contribution is 2.44. The van der Waals surface area contributed by atoms with Crippen LogP contribution < -0.4 is 14.8 Å². The van der Waals surface area contributed by atoms with Gasteiger partial charge < -0.3 is 24.3 Å².